The van der Waals surface area contributed by atoms with E-state index >= 15 is 0 Å². The van der Waals surface area contributed by atoms with Gasteiger partial charge in [-0.1, -0.05) is 65.2 Å². The first-order valence-electron chi connectivity index (χ1n) is 7.92. The lowest BCUT2D eigenvalue weighted by Gasteiger charge is -2.30. The quantitative estimate of drug-likeness (QED) is 0.597. The summed E-state index contributed by atoms with van der Waals surface area (Å²) in [7, 11) is 0. The van der Waals surface area contributed by atoms with Crippen LogP contribution in [0.3, 0.4) is 0 Å². The Balaban J connectivity index is 2.02. The van der Waals surface area contributed by atoms with Gasteiger partial charge in [0.1, 0.15) is 0 Å². The summed E-state index contributed by atoms with van der Waals surface area (Å²) in [6.45, 7) is 4.59. The number of aliphatic hydroxyl groups is 1. The Morgan fingerprint density at radius 1 is 1.06 bits per heavy atom. The first kappa shape index (κ1) is 15.0. The van der Waals surface area contributed by atoms with Crippen LogP contribution in [0.4, 0.5) is 0 Å². The van der Waals surface area contributed by atoms with Crippen LogP contribution in [-0.2, 0) is 0 Å². The third kappa shape index (κ3) is 6.45. The first-order chi connectivity index (χ1) is 8.24. The fourth-order valence-electron chi connectivity index (χ4n) is 3.20. The van der Waals surface area contributed by atoms with Gasteiger partial charge in [0.15, 0.2) is 0 Å². The van der Waals surface area contributed by atoms with Gasteiger partial charge in [0.05, 0.1) is 6.10 Å². The summed E-state index contributed by atoms with van der Waals surface area (Å²) in [5, 5.41) is 10.2. The third-order valence-corrected chi connectivity index (χ3v) is 4.37. The van der Waals surface area contributed by atoms with Gasteiger partial charge in [-0.15, -0.1) is 0 Å². The SMILES string of the molecule is CCCCCCCCC(O)C1CCCC(C)C1. The van der Waals surface area contributed by atoms with Crippen molar-refractivity contribution in [2.75, 3.05) is 0 Å². The second-order valence-corrected chi connectivity index (χ2v) is 6.16. The van der Waals surface area contributed by atoms with E-state index in [4.69, 9.17) is 0 Å². The van der Waals surface area contributed by atoms with Crippen molar-refractivity contribution in [3.63, 3.8) is 0 Å². The van der Waals surface area contributed by atoms with Gasteiger partial charge in [0.2, 0.25) is 0 Å². The van der Waals surface area contributed by atoms with Gasteiger partial charge in [-0.05, 0) is 31.1 Å². The smallest absolute Gasteiger partial charge is 0.0568 e. The molecule has 1 rings (SSSR count). The monoisotopic (exact) mass is 240 g/mol. The van der Waals surface area contributed by atoms with Crippen LogP contribution >= 0.6 is 0 Å². The van der Waals surface area contributed by atoms with Gasteiger partial charge in [-0.25, -0.2) is 0 Å². The maximum absolute atomic E-state index is 10.2. The average Bonchev–Trinajstić information content (AvgIpc) is 2.33. The second kappa shape index (κ2) is 8.97. The molecule has 3 unspecified atom stereocenters. The van der Waals surface area contributed by atoms with Crippen LogP contribution in [0.2, 0.25) is 0 Å². The zero-order valence-electron chi connectivity index (χ0n) is 12.0. The van der Waals surface area contributed by atoms with Crippen molar-refractivity contribution < 1.29 is 5.11 Å². The largest absolute Gasteiger partial charge is 0.393 e. The molecular formula is C16H32O. The molecule has 1 fully saturated rings. The second-order valence-electron chi connectivity index (χ2n) is 6.16. The van der Waals surface area contributed by atoms with Crippen LogP contribution in [0.25, 0.3) is 0 Å². The molecule has 0 aromatic rings. The summed E-state index contributed by atoms with van der Waals surface area (Å²) >= 11 is 0. The molecule has 0 heterocycles. The van der Waals surface area contributed by atoms with E-state index in [1.165, 1.54) is 64.2 Å². The summed E-state index contributed by atoms with van der Waals surface area (Å²) in [5.41, 5.74) is 0. The van der Waals surface area contributed by atoms with E-state index in [0.29, 0.717) is 5.92 Å². The Morgan fingerprint density at radius 2 is 1.76 bits per heavy atom. The van der Waals surface area contributed by atoms with E-state index in [0.717, 1.165) is 12.3 Å². The zero-order valence-corrected chi connectivity index (χ0v) is 12.0. The number of unbranched alkanes of at least 4 members (excludes halogenated alkanes) is 5. The minimum atomic E-state index is -0.0103. The molecule has 0 aromatic heterocycles. The van der Waals surface area contributed by atoms with Crippen molar-refractivity contribution in [2.45, 2.75) is 90.6 Å². The Kier molecular flexibility index (Phi) is 7.92. The van der Waals surface area contributed by atoms with Crippen molar-refractivity contribution >= 4 is 0 Å². The molecule has 17 heavy (non-hydrogen) atoms. The zero-order chi connectivity index (χ0) is 12.5. The molecule has 0 radical (unpaired) electrons. The molecule has 0 saturated heterocycles. The minimum Gasteiger partial charge on any atom is -0.393 e. The molecule has 0 aliphatic heterocycles. The summed E-state index contributed by atoms with van der Waals surface area (Å²) in [6.07, 6.45) is 14.3. The van der Waals surface area contributed by atoms with Gasteiger partial charge in [-0.3, -0.25) is 0 Å². The molecule has 1 aliphatic carbocycles. The highest BCUT2D eigenvalue weighted by Gasteiger charge is 2.24. The maximum atomic E-state index is 10.2. The first-order valence-corrected chi connectivity index (χ1v) is 7.92. The van der Waals surface area contributed by atoms with Crippen molar-refractivity contribution in [3.8, 4) is 0 Å². The van der Waals surface area contributed by atoms with Crippen molar-refractivity contribution in [3.05, 3.63) is 0 Å². The van der Waals surface area contributed by atoms with Crippen LogP contribution in [0, 0.1) is 11.8 Å². The van der Waals surface area contributed by atoms with E-state index in [2.05, 4.69) is 13.8 Å². The summed E-state index contributed by atoms with van der Waals surface area (Å²) < 4.78 is 0. The predicted molar refractivity (Wildman–Crippen MR) is 75.1 cm³/mol. The molecule has 1 aliphatic rings. The molecule has 1 N–H and O–H groups in total. The Labute approximate surface area is 108 Å². The predicted octanol–water partition coefficient (Wildman–Crippen LogP) is 4.92. The summed E-state index contributed by atoms with van der Waals surface area (Å²) in [5.74, 6) is 1.45. The fourth-order valence-corrected chi connectivity index (χ4v) is 3.20. The van der Waals surface area contributed by atoms with Crippen LogP contribution in [0.1, 0.15) is 84.5 Å². The lowest BCUT2D eigenvalue weighted by molar-refractivity contribution is 0.0627. The maximum Gasteiger partial charge on any atom is 0.0568 e. The van der Waals surface area contributed by atoms with Crippen LogP contribution < -0.4 is 0 Å². The standard InChI is InChI=1S/C16H32O/c1-3-4-5-6-7-8-12-16(17)15-11-9-10-14(2)13-15/h14-17H,3-13H2,1-2H3. The van der Waals surface area contributed by atoms with Crippen molar-refractivity contribution in [2.24, 2.45) is 11.8 Å². The van der Waals surface area contributed by atoms with Gasteiger partial charge < -0.3 is 5.11 Å². The molecule has 0 aromatic carbocycles. The van der Waals surface area contributed by atoms with E-state index < -0.39 is 0 Å². The molecule has 102 valence electrons. The number of rotatable bonds is 8. The lowest BCUT2D eigenvalue weighted by Crippen LogP contribution is -2.25. The van der Waals surface area contributed by atoms with E-state index in [1.807, 2.05) is 0 Å². The fraction of sp³-hybridized carbons (Fsp3) is 1.00. The molecule has 0 amide bonds. The topological polar surface area (TPSA) is 20.2 Å². The molecule has 1 heteroatoms. The lowest BCUT2D eigenvalue weighted by atomic mass is 9.78. The van der Waals surface area contributed by atoms with Crippen LogP contribution in [0.5, 0.6) is 0 Å². The van der Waals surface area contributed by atoms with Crippen LogP contribution in [0.15, 0.2) is 0 Å². The number of hydrogen-bond acceptors (Lipinski definition) is 1. The van der Waals surface area contributed by atoms with Gasteiger partial charge in [-0.2, -0.15) is 0 Å². The highest BCUT2D eigenvalue weighted by atomic mass is 16.3. The van der Waals surface area contributed by atoms with Gasteiger partial charge in [0, 0.05) is 0 Å². The minimum absolute atomic E-state index is 0.0103. The van der Waals surface area contributed by atoms with Gasteiger partial charge in [0.25, 0.3) is 0 Å². The molecule has 1 saturated carbocycles. The summed E-state index contributed by atoms with van der Waals surface area (Å²) in [4.78, 5) is 0. The number of aliphatic hydroxyl groups excluding tert-OH is 1. The Bertz CT molecular complexity index is 178. The highest BCUT2D eigenvalue weighted by Crippen LogP contribution is 2.32. The van der Waals surface area contributed by atoms with E-state index in [1.54, 1.807) is 0 Å². The van der Waals surface area contributed by atoms with Gasteiger partial charge >= 0.3 is 0 Å². The highest BCUT2D eigenvalue weighted by molar-refractivity contribution is 4.76. The van der Waals surface area contributed by atoms with Crippen LogP contribution in [-0.4, -0.2) is 11.2 Å². The number of hydrogen-bond donors (Lipinski definition) is 1. The third-order valence-electron chi connectivity index (χ3n) is 4.37. The molecule has 0 spiro atoms. The Hall–Kier alpha value is -0.0400. The van der Waals surface area contributed by atoms with Crippen molar-refractivity contribution in [1.82, 2.24) is 0 Å². The Morgan fingerprint density at radius 3 is 2.47 bits per heavy atom. The summed E-state index contributed by atoms with van der Waals surface area (Å²) in [6, 6.07) is 0. The molecule has 3 atom stereocenters. The molecule has 0 bridgehead atoms. The normalized spacial score (nSPS) is 27.0. The molecule has 1 nitrogen and oxygen atoms in total. The molecular weight excluding hydrogens is 208 g/mol. The van der Waals surface area contributed by atoms with E-state index in [-0.39, 0.29) is 6.10 Å². The van der Waals surface area contributed by atoms with E-state index in [9.17, 15) is 5.11 Å². The average molecular weight is 240 g/mol. The van der Waals surface area contributed by atoms with Crippen molar-refractivity contribution in [1.29, 1.82) is 0 Å².